The first-order chi connectivity index (χ1) is 15.5. The minimum absolute atomic E-state index is 0.0317. The number of nitrogens with one attached hydrogen (secondary N) is 2. The fraction of sp³-hybridized carbons (Fsp3) is 0.704. The van der Waals surface area contributed by atoms with Crippen molar-refractivity contribution in [2.75, 3.05) is 24.3 Å². The fourth-order valence-electron chi connectivity index (χ4n) is 4.52. The Morgan fingerprint density at radius 3 is 2.16 bits per heavy atom. The van der Waals surface area contributed by atoms with Gasteiger partial charge in [0.1, 0.15) is 0 Å². The highest BCUT2D eigenvalue weighted by Crippen LogP contribution is 2.25. The summed E-state index contributed by atoms with van der Waals surface area (Å²) in [5.74, 6) is -0.0141. The molecule has 5 nitrogen and oxygen atoms in total. The van der Waals surface area contributed by atoms with Gasteiger partial charge in [-0.25, -0.2) is 0 Å². The molecule has 0 bridgehead atoms. The molecule has 180 valence electrons. The third-order valence-corrected chi connectivity index (χ3v) is 6.45. The van der Waals surface area contributed by atoms with Crippen LogP contribution in [0, 0.1) is 0 Å². The van der Waals surface area contributed by atoms with Crippen LogP contribution in [-0.2, 0) is 4.79 Å². The largest absolute Gasteiger partial charge is 0.377 e. The van der Waals surface area contributed by atoms with Gasteiger partial charge in [0, 0.05) is 37.9 Å². The molecule has 0 saturated heterocycles. The van der Waals surface area contributed by atoms with Crippen LogP contribution in [0.1, 0.15) is 114 Å². The van der Waals surface area contributed by atoms with Crippen molar-refractivity contribution >= 4 is 23.2 Å². The number of hydrogen-bond donors (Lipinski definition) is 2. The lowest BCUT2D eigenvalue weighted by atomic mass is 9.95. The van der Waals surface area contributed by atoms with Crippen molar-refractivity contribution in [3.8, 4) is 0 Å². The second kappa shape index (κ2) is 14.9. The molecule has 2 amide bonds. The number of anilines is 2. The molecule has 2 rings (SSSR count). The lowest BCUT2D eigenvalue weighted by molar-refractivity contribution is -0.116. The Kier molecular flexibility index (Phi) is 12.2. The number of benzene rings is 1. The minimum Gasteiger partial charge on any atom is -0.377 e. The Morgan fingerprint density at radius 2 is 1.53 bits per heavy atom. The van der Waals surface area contributed by atoms with Crippen LogP contribution in [0.15, 0.2) is 18.2 Å². The summed E-state index contributed by atoms with van der Waals surface area (Å²) in [5, 5.41) is 6.20. The van der Waals surface area contributed by atoms with E-state index < -0.39 is 0 Å². The maximum atomic E-state index is 13.0. The van der Waals surface area contributed by atoms with E-state index >= 15 is 0 Å². The van der Waals surface area contributed by atoms with E-state index in [1.165, 1.54) is 64.2 Å². The zero-order valence-electron chi connectivity index (χ0n) is 20.7. The third kappa shape index (κ3) is 9.62. The first-order valence-electron chi connectivity index (χ1n) is 12.9. The molecule has 2 N–H and O–H groups in total. The molecule has 0 aliphatic heterocycles. The van der Waals surface area contributed by atoms with Crippen molar-refractivity contribution in [3.05, 3.63) is 23.8 Å². The summed E-state index contributed by atoms with van der Waals surface area (Å²) in [6, 6.07) is 5.89. The van der Waals surface area contributed by atoms with Crippen LogP contribution in [0.3, 0.4) is 0 Å². The Bertz CT molecular complexity index is 696. The van der Waals surface area contributed by atoms with E-state index in [0.717, 1.165) is 31.4 Å². The molecule has 0 heterocycles. The van der Waals surface area contributed by atoms with Gasteiger partial charge in [0.05, 0.1) is 5.56 Å². The molecule has 0 aromatic heterocycles. The predicted octanol–water partition coefficient (Wildman–Crippen LogP) is 6.67. The van der Waals surface area contributed by atoms with Crippen LogP contribution in [-0.4, -0.2) is 32.0 Å². The number of carbonyl (C=O) groups excluding carboxylic acids is 2. The molecule has 32 heavy (non-hydrogen) atoms. The third-order valence-electron chi connectivity index (χ3n) is 6.45. The van der Waals surface area contributed by atoms with Crippen LogP contribution in [0.5, 0.6) is 0 Å². The van der Waals surface area contributed by atoms with E-state index in [9.17, 15) is 9.59 Å². The number of amides is 2. The molecule has 0 radical (unpaired) electrons. The smallest absolute Gasteiger partial charge is 0.253 e. The Labute approximate surface area is 195 Å². The van der Waals surface area contributed by atoms with Gasteiger partial charge >= 0.3 is 0 Å². The van der Waals surface area contributed by atoms with Gasteiger partial charge in [0.25, 0.3) is 5.91 Å². The number of unbranched alkanes of at least 4 members (excludes halogenated alkanes) is 8. The second-order valence-electron chi connectivity index (χ2n) is 9.56. The van der Waals surface area contributed by atoms with Crippen LogP contribution in [0.4, 0.5) is 11.4 Å². The standard InChI is InChI=1S/C27H45N3O2/c1-4-5-6-7-8-9-10-11-15-18-26(31)28-23-19-20-25(30(2)3)24(21-23)27(32)29-22-16-13-12-14-17-22/h19-22H,4-18H2,1-3H3,(H,28,31)(H,29,32). The van der Waals surface area contributed by atoms with Gasteiger partial charge in [-0.05, 0) is 37.5 Å². The average molecular weight is 444 g/mol. The molecule has 0 unspecified atom stereocenters. The molecular weight excluding hydrogens is 398 g/mol. The first kappa shape index (κ1) is 26.2. The van der Waals surface area contributed by atoms with E-state index in [1.54, 1.807) is 0 Å². The SMILES string of the molecule is CCCCCCCCCCCC(=O)Nc1ccc(N(C)C)c(C(=O)NC2CCCCC2)c1. The lowest BCUT2D eigenvalue weighted by Crippen LogP contribution is -2.36. The van der Waals surface area contributed by atoms with Gasteiger partial charge in [0.2, 0.25) is 5.91 Å². The summed E-state index contributed by atoms with van der Waals surface area (Å²) >= 11 is 0. The maximum Gasteiger partial charge on any atom is 0.253 e. The molecule has 1 fully saturated rings. The van der Waals surface area contributed by atoms with E-state index in [2.05, 4.69) is 17.6 Å². The maximum absolute atomic E-state index is 13.0. The van der Waals surface area contributed by atoms with Gasteiger partial charge in [0.15, 0.2) is 0 Å². The summed E-state index contributed by atoms with van der Waals surface area (Å²) in [7, 11) is 3.88. The van der Waals surface area contributed by atoms with Gasteiger partial charge in [-0.1, -0.05) is 77.6 Å². The van der Waals surface area contributed by atoms with Crippen molar-refractivity contribution < 1.29 is 9.59 Å². The zero-order chi connectivity index (χ0) is 23.2. The second-order valence-corrected chi connectivity index (χ2v) is 9.56. The molecule has 0 atom stereocenters. The van der Waals surface area contributed by atoms with E-state index in [4.69, 9.17) is 0 Å². The predicted molar refractivity (Wildman–Crippen MR) is 136 cm³/mol. The van der Waals surface area contributed by atoms with Crippen LogP contribution < -0.4 is 15.5 Å². The summed E-state index contributed by atoms with van der Waals surface area (Å²) in [4.78, 5) is 27.3. The number of carbonyl (C=O) groups is 2. The Balaban J connectivity index is 1.80. The molecule has 1 saturated carbocycles. The Morgan fingerprint density at radius 1 is 0.906 bits per heavy atom. The summed E-state index contributed by atoms with van der Waals surface area (Å²) in [6.07, 6.45) is 17.4. The minimum atomic E-state index is -0.0457. The number of nitrogens with zero attached hydrogens (tertiary/aromatic N) is 1. The zero-order valence-corrected chi connectivity index (χ0v) is 20.7. The van der Waals surface area contributed by atoms with Crippen LogP contribution >= 0.6 is 0 Å². The first-order valence-corrected chi connectivity index (χ1v) is 12.9. The topological polar surface area (TPSA) is 61.4 Å². The molecule has 1 aromatic rings. The highest BCUT2D eigenvalue weighted by atomic mass is 16.2. The van der Waals surface area contributed by atoms with Crippen molar-refractivity contribution in [2.24, 2.45) is 0 Å². The van der Waals surface area contributed by atoms with Gasteiger partial charge in [-0.2, -0.15) is 0 Å². The summed E-state index contributed by atoms with van der Waals surface area (Å²) < 4.78 is 0. The molecule has 1 aromatic carbocycles. The molecular formula is C27H45N3O2. The van der Waals surface area contributed by atoms with Crippen molar-refractivity contribution in [1.29, 1.82) is 0 Å². The highest BCUT2D eigenvalue weighted by molar-refractivity contribution is 6.02. The number of hydrogen-bond acceptors (Lipinski definition) is 3. The molecule has 1 aliphatic carbocycles. The van der Waals surface area contributed by atoms with Gasteiger partial charge < -0.3 is 15.5 Å². The average Bonchev–Trinajstić information content (AvgIpc) is 2.78. The van der Waals surface area contributed by atoms with Crippen molar-refractivity contribution in [3.63, 3.8) is 0 Å². The lowest BCUT2D eigenvalue weighted by Gasteiger charge is -2.24. The molecule has 5 heteroatoms. The quantitative estimate of drug-likeness (QED) is 0.315. The van der Waals surface area contributed by atoms with Crippen LogP contribution in [0.25, 0.3) is 0 Å². The monoisotopic (exact) mass is 443 g/mol. The van der Waals surface area contributed by atoms with Gasteiger partial charge in [-0.15, -0.1) is 0 Å². The number of rotatable bonds is 14. The van der Waals surface area contributed by atoms with E-state index in [-0.39, 0.29) is 17.9 Å². The summed E-state index contributed by atoms with van der Waals surface area (Å²) in [5.41, 5.74) is 2.20. The van der Waals surface area contributed by atoms with Gasteiger partial charge in [-0.3, -0.25) is 9.59 Å². The molecule has 0 spiro atoms. The van der Waals surface area contributed by atoms with Crippen molar-refractivity contribution in [1.82, 2.24) is 5.32 Å². The fourth-order valence-corrected chi connectivity index (χ4v) is 4.52. The van der Waals surface area contributed by atoms with Crippen LogP contribution in [0.2, 0.25) is 0 Å². The molecule has 1 aliphatic rings. The van der Waals surface area contributed by atoms with Crippen molar-refractivity contribution in [2.45, 2.75) is 109 Å². The highest BCUT2D eigenvalue weighted by Gasteiger charge is 2.20. The summed E-state index contributed by atoms with van der Waals surface area (Å²) in [6.45, 7) is 2.24. The van der Waals surface area contributed by atoms with E-state index in [1.807, 2.05) is 37.2 Å². The normalized spacial score (nSPS) is 14.2. The Hall–Kier alpha value is -2.04. The van der Waals surface area contributed by atoms with E-state index in [0.29, 0.717) is 17.7 Å².